The SMILES string of the molecule is COC(=O)c1csc(NCC2(C)CCN(C)CC2)n1. The summed E-state index contributed by atoms with van der Waals surface area (Å²) in [6.07, 6.45) is 2.37. The Bertz CT molecular complexity index is 439. The molecular weight excluding hydrogens is 262 g/mol. The summed E-state index contributed by atoms with van der Waals surface area (Å²) in [5.74, 6) is -0.380. The van der Waals surface area contributed by atoms with E-state index in [4.69, 9.17) is 0 Å². The highest BCUT2D eigenvalue weighted by molar-refractivity contribution is 7.13. The molecule has 1 saturated heterocycles. The number of methoxy groups -OCH3 is 1. The van der Waals surface area contributed by atoms with E-state index in [1.54, 1.807) is 5.38 Å². The lowest BCUT2D eigenvalue weighted by Crippen LogP contribution is -2.40. The van der Waals surface area contributed by atoms with Crippen LogP contribution in [0.2, 0.25) is 0 Å². The van der Waals surface area contributed by atoms with Crippen molar-refractivity contribution in [2.75, 3.05) is 39.1 Å². The molecule has 0 bridgehead atoms. The Kier molecular flexibility index (Phi) is 4.42. The summed E-state index contributed by atoms with van der Waals surface area (Å²) in [6.45, 7) is 5.49. The topological polar surface area (TPSA) is 54.5 Å². The van der Waals surface area contributed by atoms with Crippen molar-refractivity contribution in [2.45, 2.75) is 19.8 Å². The van der Waals surface area contributed by atoms with Crippen LogP contribution in [-0.4, -0.2) is 49.6 Å². The highest BCUT2D eigenvalue weighted by atomic mass is 32.1. The van der Waals surface area contributed by atoms with Gasteiger partial charge in [0.05, 0.1) is 7.11 Å². The largest absolute Gasteiger partial charge is 0.464 e. The number of rotatable bonds is 4. The van der Waals surface area contributed by atoms with Crippen LogP contribution in [0.5, 0.6) is 0 Å². The van der Waals surface area contributed by atoms with Gasteiger partial charge in [-0.15, -0.1) is 11.3 Å². The molecule has 1 aromatic rings. The molecule has 19 heavy (non-hydrogen) atoms. The first-order chi connectivity index (χ1) is 9.02. The summed E-state index contributed by atoms with van der Waals surface area (Å²) in [6, 6.07) is 0. The van der Waals surface area contributed by atoms with E-state index in [1.165, 1.54) is 31.3 Å². The van der Waals surface area contributed by atoms with Gasteiger partial charge in [-0.3, -0.25) is 0 Å². The van der Waals surface area contributed by atoms with Crippen molar-refractivity contribution in [2.24, 2.45) is 5.41 Å². The number of carbonyl (C=O) groups is 1. The van der Waals surface area contributed by atoms with Crippen LogP contribution in [0.15, 0.2) is 5.38 Å². The average Bonchev–Trinajstić information content (AvgIpc) is 2.88. The fourth-order valence-electron chi connectivity index (χ4n) is 2.18. The molecule has 0 aliphatic carbocycles. The molecule has 1 aromatic heterocycles. The fraction of sp³-hybridized carbons (Fsp3) is 0.692. The number of hydrogen-bond acceptors (Lipinski definition) is 6. The van der Waals surface area contributed by atoms with Crippen LogP contribution in [0.25, 0.3) is 0 Å². The zero-order valence-electron chi connectivity index (χ0n) is 11.7. The number of ether oxygens (including phenoxy) is 1. The molecule has 0 spiro atoms. The summed E-state index contributed by atoms with van der Waals surface area (Å²) in [5.41, 5.74) is 0.687. The van der Waals surface area contributed by atoms with Gasteiger partial charge in [-0.25, -0.2) is 9.78 Å². The molecular formula is C13H21N3O2S. The molecule has 0 radical (unpaired) electrons. The molecule has 0 amide bonds. The summed E-state index contributed by atoms with van der Waals surface area (Å²) >= 11 is 1.45. The summed E-state index contributed by atoms with van der Waals surface area (Å²) in [5, 5.41) is 5.87. The summed E-state index contributed by atoms with van der Waals surface area (Å²) < 4.78 is 4.65. The molecule has 0 unspecified atom stereocenters. The molecule has 2 heterocycles. The number of nitrogens with one attached hydrogen (secondary N) is 1. The number of piperidine rings is 1. The smallest absolute Gasteiger partial charge is 0.357 e. The number of anilines is 1. The molecule has 0 saturated carbocycles. The molecule has 1 N–H and O–H groups in total. The van der Waals surface area contributed by atoms with E-state index in [0.29, 0.717) is 11.1 Å². The van der Waals surface area contributed by atoms with E-state index in [0.717, 1.165) is 24.8 Å². The number of aromatic nitrogens is 1. The third-order valence-corrected chi connectivity index (χ3v) is 4.56. The Balaban J connectivity index is 1.88. The zero-order chi connectivity index (χ0) is 13.9. The third kappa shape index (κ3) is 3.67. The van der Waals surface area contributed by atoms with Crippen molar-refractivity contribution >= 4 is 22.4 Å². The predicted molar refractivity (Wildman–Crippen MR) is 76.8 cm³/mol. The van der Waals surface area contributed by atoms with Crippen LogP contribution in [-0.2, 0) is 4.74 Å². The van der Waals surface area contributed by atoms with Gasteiger partial charge in [0.2, 0.25) is 0 Å². The lowest BCUT2D eigenvalue weighted by atomic mass is 9.80. The van der Waals surface area contributed by atoms with E-state index in [2.05, 4.69) is 33.9 Å². The van der Waals surface area contributed by atoms with Crippen molar-refractivity contribution in [3.8, 4) is 0 Å². The van der Waals surface area contributed by atoms with E-state index in [-0.39, 0.29) is 5.97 Å². The molecule has 5 nitrogen and oxygen atoms in total. The summed E-state index contributed by atoms with van der Waals surface area (Å²) in [7, 11) is 3.53. The normalized spacial score (nSPS) is 19.1. The molecule has 6 heteroatoms. The maximum Gasteiger partial charge on any atom is 0.357 e. The number of hydrogen-bond donors (Lipinski definition) is 1. The van der Waals surface area contributed by atoms with Crippen molar-refractivity contribution in [3.05, 3.63) is 11.1 Å². The van der Waals surface area contributed by atoms with Gasteiger partial charge >= 0.3 is 5.97 Å². The van der Waals surface area contributed by atoms with Crippen LogP contribution in [0, 0.1) is 5.41 Å². The lowest BCUT2D eigenvalue weighted by molar-refractivity contribution is 0.0595. The molecule has 1 aliphatic heterocycles. The average molecular weight is 283 g/mol. The Labute approximate surface area is 118 Å². The highest BCUT2D eigenvalue weighted by Crippen LogP contribution is 2.31. The standard InChI is InChI=1S/C13H21N3O2S/c1-13(4-6-16(2)7-5-13)9-14-12-15-10(8-19-12)11(17)18-3/h8H,4-7,9H2,1-3H3,(H,14,15). The Morgan fingerprint density at radius 1 is 1.58 bits per heavy atom. The van der Waals surface area contributed by atoms with Gasteiger partial charge in [0, 0.05) is 11.9 Å². The number of carbonyl (C=O) groups excluding carboxylic acids is 1. The van der Waals surface area contributed by atoms with Crippen LogP contribution < -0.4 is 5.32 Å². The maximum atomic E-state index is 11.3. The Morgan fingerprint density at radius 3 is 2.89 bits per heavy atom. The number of likely N-dealkylation sites (tertiary alicyclic amines) is 1. The van der Waals surface area contributed by atoms with Crippen LogP contribution in [0.4, 0.5) is 5.13 Å². The first-order valence-corrected chi connectivity index (χ1v) is 7.37. The number of thiazole rings is 1. The van der Waals surface area contributed by atoms with Crippen molar-refractivity contribution in [3.63, 3.8) is 0 Å². The Morgan fingerprint density at radius 2 is 2.26 bits per heavy atom. The minimum atomic E-state index is -0.380. The van der Waals surface area contributed by atoms with Gasteiger partial charge in [0.15, 0.2) is 10.8 Å². The van der Waals surface area contributed by atoms with Gasteiger partial charge in [-0.1, -0.05) is 6.92 Å². The molecule has 106 valence electrons. The molecule has 2 rings (SSSR count). The molecule has 0 aromatic carbocycles. The second-order valence-corrected chi connectivity index (χ2v) is 6.36. The van der Waals surface area contributed by atoms with Crippen LogP contribution >= 0.6 is 11.3 Å². The number of nitrogens with zero attached hydrogens (tertiary/aromatic N) is 2. The highest BCUT2D eigenvalue weighted by Gasteiger charge is 2.28. The summed E-state index contributed by atoms with van der Waals surface area (Å²) in [4.78, 5) is 17.9. The van der Waals surface area contributed by atoms with Crippen LogP contribution in [0.3, 0.4) is 0 Å². The minimum Gasteiger partial charge on any atom is -0.464 e. The van der Waals surface area contributed by atoms with E-state index in [9.17, 15) is 4.79 Å². The molecule has 1 aliphatic rings. The fourth-order valence-corrected chi connectivity index (χ4v) is 2.86. The van der Waals surface area contributed by atoms with Gasteiger partial charge in [-0.2, -0.15) is 0 Å². The van der Waals surface area contributed by atoms with Gasteiger partial charge in [-0.05, 0) is 38.4 Å². The second kappa shape index (κ2) is 5.88. The maximum absolute atomic E-state index is 11.3. The van der Waals surface area contributed by atoms with E-state index >= 15 is 0 Å². The second-order valence-electron chi connectivity index (χ2n) is 5.50. The van der Waals surface area contributed by atoms with Gasteiger partial charge < -0.3 is 15.0 Å². The molecule has 0 atom stereocenters. The predicted octanol–water partition coefficient (Wildman–Crippen LogP) is 2.07. The number of esters is 1. The van der Waals surface area contributed by atoms with E-state index < -0.39 is 0 Å². The lowest BCUT2D eigenvalue weighted by Gasteiger charge is -2.37. The van der Waals surface area contributed by atoms with Gasteiger partial charge in [0.25, 0.3) is 0 Å². The van der Waals surface area contributed by atoms with Gasteiger partial charge in [0.1, 0.15) is 0 Å². The Hall–Kier alpha value is -1.14. The monoisotopic (exact) mass is 283 g/mol. The zero-order valence-corrected chi connectivity index (χ0v) is 12.5. The first-order valence-electron chi connectivity index (χ1n) is 6.49. The quantitative estimate of drug-likeness (QED) is 0.857. The van der Waals surface area contributed by atoms with Crippen molar-refractivity contribution < 1.29 is 9.53 Å². The first kappa shape index (κ1) is 14.3. The van der Waals surface area contributed by atoms with Crippen molar-refractivity contribution in [1.82, 2.24) is 9.88 Å². The molecule has 1 fully saturated rings. The van der Waals surface area contributed by atoms with Crippen molar-refractivity contribution in [1.29, 1.82) is 0 Å². The van der Waals surface area contributed by atoms with Crippen LogP contribution in [0.1, 0.15) is 30.3 Å². The third-order valence-electron chi connectivity index (χ3n) is 3.76. The minimum absolute atomic E-state index is 0.309. The van der Waals surface area contributed by atoms with E-state index in [1.807, 2.05) is 0 Å².